The molecule has 0 heterocycles. The van der Waals surface area contributed by atoms with E-state index in [0.717, 1.165) is 30.6 Å². The first kappa shape index (κ1) is 13.1. The number of nitriles is 1. The third-order valence-electron chi connectivity index (χ3n) is 7.80. The van der Waals surface area contributed by atoms with Crippen LogP contribution < -0.4 is 0 Å². The molecule has 3 fully saturated rings. The molecule has 8 atom stereocenters. The van der Waals surface area contributed by atoms with Gasteiger partial charge in [-0.15, -0.1) is 0 Å². The molecule has 5 aliphatic carbocycles. The van der Waals surface area contributed by atoms with Gasteiger partial charge < -0.3 is 0 Å². The Kier molecular flexibility index (Phi) is 2.46. The highest BCUT2D eigenvalue weighted by molar-refractivity contribution is 5.91. The van der Waals surface area contributed by atoms with Crippen molar-refractivity contribution in [3.05, 3.63) is 23.8 Å². The summed E-state index contributed by atoms with van der Waals surface area (Å²) in [5.41, 5.74) is 1.54. The van der Waals surface area contributed by atoms with Crippen LogP contribution in [-0.2, 0) is 4.79 Å². The van der Waals surface area contributed by atoms with Crippen LogP contribution >= 0.6 is 0 Å². The van der Waals surface area contributed by atoms with Gasteiger partial charge in [0.2, 0.25) is 0 Å². The van der Waals surface area contributed by atoms with Crippen LogP contribution in [0.4, 0.5) is 0 Å². The Bertz CT molecular complexity index is 653. The molecule has 22 heavy (non-hydrogen) atoms. The van der Waals surface area contributed by atoms with E-state index in [1.807, 2.05) is 6.08 Å². The molecule has 0 saturated heterocycles. The predicted molar refractivity (Wildman–Crippen MR) is 83.5 cm³/mol. The molecule has 0 amide bonds. The van der Waals surface area contributed by atoms with Crippen LogP contribution in [0.1, 0.15) is 39.0 Å². The van der Waals surface area contributed by atoms with Gasteiger partial charge in [-0.3, -0.25) is 4.79 Å². The lowest BCUT2D eigenvalue weighted by Gasteiger charge is -2.52. The highest BCUT2D eigenvalue weighted by Gasteiger charge is 2.69. The summed E-state index contributed by atoms with van der Waals surface area (Å²) in [4.78, 5) is 11.7. The minimum Gasteiger partial charge on any atom is -0.295 e. The molecule has 114 valence electrons. The van der Waals surface area contributed by atoms with Crippen molar-refractivity contribution in [1.29, 1.82) is 5.26 Å². The second-order valence-corrected chi connectivity index (χ2v) is 8.60. The molecule has 5 aliphatic rings. The molecule has 2 nitrogen and oxygen atoms in total. The second kappa shape index (κ2) is 4.13. The molecule has 0 aromatic carbocycles. The standard InChI is InChI=1S/C20H23NO/c1-20-7-6-14-13-5-3-12(22)8-11(13)2-4-15(14)19(20)17-9-16(17)18(20)10-21/h2,4,8,13-19H,3,5-7,9H2,1H3/t13-,14+,15+,16-,17+,18-,19?,20+/m0/s1. The Morgan fingerprint density at radius 1 is 1.27 bits per heavy atom. The van der Waals surface area contributed by atoms with Gasteiger partial charge in [0.05, 0.1) is 12.0 Å². The molecular formula is C20H23NO. The Balaban J connectivity index is 1.55. The number of rotatable bonds is 0. The monoisotopic (exact) mass is 293 g/mol. The van der Waals surface area contributed by atoms with Crippen molar-refractivity contribution in [3.8, 4) is 6.07 Å². The number of ketones is 1. The zero-order valence-corrected chi connectivity index (χ0v) is 13.2. The van der Waals surface area contributed by atoms with Crippen LogP contribution in [0.3, 0.4) is 0 Å². The number of carbonyl (C=O) groups is 1. The molecular weight excluding hydrogens is 270 g/mol. The van der Waals surface area contributed by atoms with Crippen LogP contribution in [0.2, 0.25) is 0 Å². The summed E-state index contributed by atoms with van der Waals surface area (Å²) in [6, 6.07) is 2.67. The lowest BCUT2D eigenvalue weighted by molar-refractivity contribution is -0.115. The number of fused-ring (bicyclic) bond motifs is 7. The van der Waals surface area contributed by atoms with Gasteiger partial charge in [0, 0.05) is 6.42 Å². The fourth-order valence-electron chi connectivity index (χ4n) is 6.86. The molecule has 0 N–H and O–H groups in total. The Hall–Kier alpha value is -1.36. The lowest BCUT2D eigenvalue weighted by atomic mass is 9.51. The molecule has 0 radical (unpaired) electrons. The van der Waals surface area contributed by atoms with Crippen LogP contribution in [0.15, 0.2) is 23.8 Å². The predicted octanol–water partition coefficient (Wildman–Crippen LogP) is 3.90. The summed E-state index contributed by atoms with van der Waals surface area (Å²) in [6.45, 7) is 2.40. The first-order chi connectivity index (χ1) is 10.6. The zero-order chi connectivity index (χ0) is 15.1. The van der Waals surface area contributed by atoms with E-state index < -0.39 is 0 Å². The number of hydrogen-bond acceptors (Lipinski definition) is 2. The van der Waals surface area contributed by atoms with Crippen LogP contribution in [0, 0.1) is 58.2 Å². The van der Waals surface area contributed by atoms with Crippen molar-refractivity contribution in [2.75, 3.05) is 0 Å². The highest BCUT2D eigenvalue weighted by atomic mass is 16.1. The van der Waals surface area contributed by atoms with E-state index in [2.05, 4.69) is 25.1 Å². The van der Waals surface area contributed by atoms with E-state index in [1.165, 1.54) is 24.8 Å². The number of carbonyl (C=O) groups excluding carboxylic acids is 1. The van der Waals surface area contributed by atoms with Gasteiger partial charge in [-0.05, 0) is 78.3 Å². The topological polar surface area (TPSA) is 40.9 Å². The first-order valence-electron chi connectivity index (χ1n) is 8.96. The normalized spacial score (nSPS) is 54.5. The molecule has 5 rings (SSSR count). The van der Waals surface area contributed by atoms with Crippen LogP contribution in [0.25, 0.3) is 0 Å². The third kappa shape index (κ3) is 1.48. The molecule has 1 unspecified atom stereocenters. The molecule has 0 aromatic rings. The number of nitrogens with zero attached hydrogens (tertiary/aromatic N) is 1. The Morgan fingerprint density at radius 2 is 2.14 bits per heavy atom. The molecule has 0 aliphatic heterocycles. The second-order valence-electron chi connectivity index (χ2n) is 8.60. The number of hydrogen-bond donors (Lipinski definition) is 0. The van der Waals surface area contributed by atoms with E-state index in [-0.39, 0.29) is 5.41 Å². The smallest absolute Gasteiger partial charge is 0.155 e. The van der Waals surface area contributed by atoms with E-state index >= 15 is 0 Å². The largest absolute Gasteiger partial charge is 0.295 e. The van der Waals surface area contributed by atoms with Gasteiger partial charge in [0.25, 0.3) is 0 Å². The molecule has 0 bridgehead atoms. The quantitative estimate of drug-likeness (QED) is 0.679. The van der Waals surface area contributed by atoms with Gasteiger partial charge in [-0.25, -0.2) is 0 Å². The summed E-state index contributed by atoms with van der Waals surface area (Å²) in [5, 5.41) is 9.67. The molecule has 2 heteroatoms. The summed E-state index contributed by atoms with van der Waals surface area (Å²) in [6.07, 6.45) is 12.1. The van der Waals surface area contributed by atoms with Gasteiger partial charge in [-0.1, -0.05) is 19.1 Å². The average Bonchev–Trinajstić information content (AvgIpc) is 3.21. The Labute approximate surface area is 132 Å². The SMILES string of the molecule is C[C@]12CC[C@@H]3[C@H]4CCC(=O)C=C4C=C[C@H]3C1[C@@H]1C[C@@H]1[C@@H]2C#N. The lowest BCUT2D eigenvalue weighted by Crippen LogP contribution is -2.46. The summed E-state index contributed by atoms with van der Waals surface area (Å²) < 4.78 is 0. The minimum atomic E-state index is 0.250. The summed E-state index contributed by atoms with van der Waals surface area (Å²) in [5.74, 6) is 4.81. The molecule has 0 spiro atoms. The van der Waals surface area contributed by atoms with Crippen molar-refractivity contribution in [2.24, 2.45) is 46.8 Å². The fraction of sp³-hybridized carbons (Fsp3) is 0.700. The van der Waals surface area contributed by atoms with E-state index in [0.29, 0.717) is 29.5 Å². The maximum Gasteiger partial charge on any atom is 0.155 e. The zero-order valence-electron chi connectivity index (χ0n) is 13.2. The average molecular weight is 293 g/mol. The van der Waals surface area contributed by atoms with Crippen molar-refractivity contribution in [2.45, 2.75) is 39.0 Å². The van der Waals surface area contributed by atoms with Crippen molar-refractivity contribution in [1.82, 2.24) is 0 Å². The van der Waals surface area contributed by atoms with Crippen molar-refractivity contribution >= 4 is 5.78 Å². The van der Waals surface area contributed by atoms with Crippen molar-refractivity contribution < 1.29 is 4.79 Å². The molecule has 3 saturated carbocycles. The maximum absolute atomic E-state index is 11.7. The molecule has 0 aromatic heterocycles. The van der Waals surface area contributed by atoms with Crippen molar-refractivity contribution in [3.63, 3.8) is 0 Å². The third-order valence-corrected chi connectivity index (χ3v) is 7.80. The Morgan fingerprint density at radius 3 is 2.95 bits per heavy atom. The van der Waals surface area contributed by atoms with E-state index in [1.54, 1.807) is 0 Å². The minimum absolute atomic E-state index is 0.250. The van der Waals surface area contributed by atoms with Gasteiger partial charge in [0.15, 0.2) is 5.78 Å². The number of allylic oxidation sites excluding steroid dienone is 4. The van der Waals surface area contributed by atoms with Crippen LogP contribution in [-0.4, -0.2) is 5.78 Å². The summed E-state index contributed by atoms with van der Waals surface area (Å²) >= 11 is 0. The van der Waals surface area contributed by atoms with Gasteiger partial charge >= 0.3 is 0 Å². The highest BCUT2D eigenvalue weighted by Crippen LogP contribution is 2.73. The summed E-state index contributed by atoms with van der Waals surface area (Å²) in [7, 11) is 0. The fourth-order valence-corrected chi connectivity index (χ4v) is 6.86. The first-order valence-corrected chi connectivity index (χ1v) is 8.96. The van der Waals surface area contributed by atoms with E-state index in [9.17, 15) is 10.1 Å². The van der Waals surface area contributed by atoms with Gasteiger partial charge in [0.1, 0.15) is 0 Å². The maximum atomic E-state index is 11.7. The van der Waals surface area contributed by atoms with Crippen LogP contribution in [0.5, 0.6) is 0 Å². The van der Waals surface area contributed by atoms with E-state index in [4.69, 9.17) is 0 Å². The van der Waals surface area contributed by atoms with Gasteiger partial charge in [-0.2, -0.15) is 5.26 Å².